The van der Waals surface area contributed by atoms with Crippen LogP contribution in [0.15, 0.2) is 36.5 Å². The largest absolute Gasteiger partial charge is 0.493 e. The Labute approximate surface area is 148 Å². The van der Waals surface area contributed by atoms with Gasteiger partial charge in [-0.05, 0) is 35.7 Å². The van der Waals surface area contributed by atoms with Gasteiger partial charge in [0.05, 0.1) is 26.1 Å². The number of hydrogen-bond acceptors (Lipinski definition) is 5. The summed E-state index contributed by atoms with van der Waals surface area (Å²) in [4.78, 5) is 16.2. The smallest absolute Gasteiger partial charge is 0.269 e. The average Bonchev–Trinajstić information content (AvgIpc) is 2.64. The van der Waals surface area contributed by atoms with Crippen LogP contribution in [0.25, 0.3) is 0 Å². The molecule has 1 amide bonds. The quantitative estimate of drug-likeness (QED) is 0.770. The maximum absolute atomic E-state index is 12.0. The Morgan fingerprint density at radius 2 is 1.88 bits per heavy atom. The Kier molecular flexibility index (Phi) is 6.62. The number of rotatable bonds is 8. The first-order valence-electron chi connectivity index (χ1n) is 8.22. The van der Waals surface area contributed by atoms with E-state index >= 15 is 0 Å². The third-order valence-corrected chi connectivity index (χ3v) is 3.61. The predicted molar refractivity (Wildman–Crippen MR) is 98.3 cm³/mol. The van der Waals surface area contributed by atoms with Crippen LogP contribution in [0.2, 0.25) is 0 Å². The lowest BCUT2D eigenvalue weighted by molar-refractivity contribution is 0.0944. The Balaban J connectivity index is 1.94. The number of hydrogen-bond donors (Lipinski definition) is 2. The van der Waals surface area contributed by atoms with Crippen molar-refractivity contribution >= 4 is 11.6 Å². The van der Waals surface area contributed by atoms with Gasteiger partial charge in [0.2, 0.25) is 0 Å². The molecule has 6 heteroatoms. The zero-order chi connectivity index (χ0) is 18.2. The van der Waals surface area contributed by atoms with Gasteiger partial charge in [0, 0.05) is 13.1 Å². The minimum Gasteiger partial charge on any atom is -0.493 e. The van der Waals surface area contributed by atoms with Gasteiger partial charge in [-0.25, -0.2) is 4.98 Å². The van der Waals surface area contributed by atoms with Crippen LogP contribution in [0.3, 0.4) is 0 Å². The lowest BCUT2D eigenvalue weighted by Gasteiger charge is -2.11. The van der Waals surface area contributed by atoms with Crippen LogP contribution in [0, 0.1) is 5.92 Å². The van der Waals surface area contributed by atoms with Gasteiger partial charge in [0.1, 0.15) is 5.69 Å². The Hall–Kier alpha value is -2.76. The molecule has 0 bridgehead atoms. The topological polar surface area (TPSA) is 72.5 Å². The van der Waals surface area contributed by atoms with Crippen LogP contribution in [0.4, 0.5) is 5.69 Å². The fourth-order valence-electron chi connectivity index (χ4n) is 2.21. The third-order valence-electron chi connectivity index (χ3n) is 3.61. The summed E-state index contributed by atoms with van der Waals surface area (Å²) in [6.07, 6.45) is 1.66. The Bertz CT molecular complexity index is 700. The number of ether oxygens (including phenoxy) is 2. The maximum Gasteiger partial charge on any atom is 0.269 e. The van der Waals surface area contributed by atoms with Crippen LogP contribution >= 0.6 is 0 Å². The summed E-state index contributed by atoms with van der Waals surface area (Å²) in [7, 11) is 3.22. The zero-order valence-electron chi connectivity index (χ0n) is 15.1. The van der Waals surface area contributed by atoms with Crippen LogP contribution in [0.1, 0.15) is 29.9 Å². The number of methoxy groups -OCH3 is 2. The number of nitrogens with zero attached hydrogens (tertiary/aromatic N) is 1. The van der Waals surface area contributed by atoms with Crippen molar-refractivity contribution in [3.63, 3.8) is 0 Å². The molecule has 25 heavy (non-hydrogen) atoms. The Morgan fingerprint density at radius 3 is 2.48 bits per heavy atom. The van der Waals surface area contributed by atoms with Gasteiger partial charge >= 0.3 is 0 Å². The number of carbonyl (C=O) groups excluding carboxylic acids is 1. The van der Waals surface area contributed by atoms with Crippen LogP contribution in [-0.4, -0.2) is 31.7 Å². The van der Waals surface area contributed by atoms with E-state index in [4.69, 9.17) is 9.47 Å². The minimum atomic E-state index is -0.153. The van der Waals surface area contributed by atoms with E-state index in [-0.39, 0.29) is 5.91 Å². The van der Waals surface area contributed by atoms with Crippen LogP contribution in [-0.2, 0) is 6.54 Å². The van der Waals surface area contributed by atoms with Crippen molar-refractivity contribution in [2.75, 3.05) is 26.1 Å². The highest BCUT2D eigenvalue weighted by atomic mass is 16.5. The van der Waals surface area contributed by atoms with E-state index in [1.54, 1.807) is 26.5 Å². The molecule has 0 saturated heterocycles. The van der Waals surface area contributed by atoms with E-state index in [0.29, 0.717) is 36.2 Å². The van der Waals surface area contributed by atoms with E-state index in [0.717, 1.165) is 11.3 Å². The molecule has 2 N–H and O–H groups in total. The number of nitrogens with one attached hydrogen (secondary N) is 2. The van der Waals surface area contributed by atoms with Crippen molar-refractivity contribution in [1.29, 1.82) is 0 Å². The van der Waals surface area contributed by atoms with E-state index in [1.807, 2.05) is 24.3 Å². The van der Waals surface area contributed by atoms with Gasteiger partial charge in [-0.1, -0.05) is 19.9 Å². The highest BCUT2D eigenvalue weighted by molar-refractivity contribution is 5.92. The maximum atomic E-state index is 12.0. The van der Waals surface area contributed by atoms with E-state index < -0.39 is 0 Å². The van der Waals surface area contributed by atoms with Gasteiger partial charge < -0.3 is 20.1 Å². The number of pyridine rings is 1. The fourth-order valence-corrected chi connectivity index (χ4v) is 2.21. The first-order chi connectivity index (χ1) is 12.0. The molecule has 1 heterocycles. The van der Waals surface area contributed by atoms with E-state index in [9.17, 15) is 4.79 Å². The summed E-state index contributed by atoms with van der Waals surface area (Å²) in [6.45, 7) is 5.35. The van der Waals surface area contributed by atoms with Gasteiger partial charge in [-0.3, -0.25) is 4.79 Å². The summed E-state index contributed by atoms with van der Waals surface area (Å²) in [5, 5.41) is 6.13. The highest BCUT2D eigenvalue weighted by Gasteiger charge is 2.08. The van der Waals surface area contributed by atoms with E-state index in [2.05, 4.69) is 29.5 Å². The van der Waals surface area contributed by atoms with Crippen molar-refractivity contribution in [1.82, 2.24) is 10.3 Å². The lowest BCUT2D eigenvalue weighted by Crippen LogP contribution is -2.27. The molecule has 2 aromatic rings. The zero-order valence-corrected chi connectivity index (χ0v) is 15.1. The average molecular weight is 343 g/mol. The number of amides is 1. The molecule has 0 spiro atoms. The van der Waals surface area contributed by atoms with Gasteiger partial charge in [0.25, 0.3) is 5.91 Å². The van der Waals surface area contributed by atoms with Crippen LogP contribution in [0.5, 0.6) is 11.5 Å². The SMILES string of the molecule is COc1ccc(CNc2ccc(C(=O)NCC(C)C)nc2)cc1OC. The second-order valence-electron chi connectivity index (χ2n) is 6.08. The molecule has 0 atom stereocenters. The lowest BCUT2D eigenvalue weighted by atomic mass is 10.2. The predicted octanol–water partition coefficient (Wildman–Crippen LogP) is 3.10. The molecule has 0 aliphatic carbocycles. The molecule has 0 saturated carbocycles. The monoisotopic (exact) mass is 343 g/mol. The molecule has 0 unspecified atom stereocenters. The molecule has 2 rings (SSSR count). The standard InChI is InChI=1S/C19H25N3O3/c1-13(2)10-22-19(23)16-7-6-15(12-21-16)20-11-14-5-8-17(24-3)18(9-14)25-4/h5-9,12-13,20H,10-11H2,1-4H3,(H,22,23). The number of anilines is 1. The molecule has 1 aromatic heterocycles. The second-order valence-corrected chi connectivity index (χ2v) is 6.08. The molecule has 0 aliphatic heterocycles. The number of benzene rings is 1. The summed E-state index contributed by atoms with van der Waals surface area (Å²) in [5.41, 5.74) is 2.31. The van der Waals surface area contributed by atoms with Crippen LogP contribution < -0.4 is 20.1 Å². The first-order valence-corrected chi connectivity index (χ1v) is 8.22. The second kappa shape index (κ2) is 8.92. The molecular formula is C19H25N3O3. The Morgan fingerprint density at radius 1 is 1.12 bits per heavy atom. The molecule has 6 nitrogen and oxygen atoms in total. The van der Waals surface area contributed by atoms with Crippen molar-refractivity contribution in [3.8, 4) is 11.5 Å². The molecule has 134 valence electrons. The van der Waals surface area contributed by atoms with E-state index in [1.165, 1.54) is 0 Å². The molecule has 0 radical (unpaired) electrons. The van der Waals surface area contributed by atoms with Gasteiger partial charge in [-0.15, -0.1) is 0 Å². The molecule has 0 aliphatic rings. The normalized spacial score (nSPS) is 10.4. The summed E-state index contributed by atoms with van der Waals surface area (Å²) in [5.74, 6) is 1.65. The van der Waals surface area contributed by atoms with Gasteiger partial charge in [-0.2, -0.15) is 0 Å². The van der Waals surface area contributed by atoms with Crippen molar-refractivity contribution < 1.29 is 14.3 Å². The first kappa shape index (κ1) is 18.6. The van der Waals surface area contributed by atoms with Gasteiger partial charge in [0.15, 0.2) is 11.5 Å². The molecular weight excluding hydrogens is 318 g/mol. The third kappa shape index (κ3) is 5.38. The fraction of sp³-hybridized carbons (Fsp3) is 0.368. The summed E-state index contributed by atoms with van der Waals surface area (Å²) in [6, 6.07) is 9.32. The highest BCUT2D eigenvalue weighted by Crippen LogP contribution is 2.27. The van der Waals surface area contributed by atoms with Crippen molar-refractivity contribution in [3.05, 3.63) is 47.8 Å². The van der Waals surface area contributed by atoms with Crippen molar-refractivity contribution in [2.24, 2.45) is 5.92 Å². The minimum absolute atomic E-state index is 0.153. The summed E-state index contributed by atoms with van der Waals surface area (Å²) >= 11 is 0. The molecule has 1 aromatic carbocycles. The van der Waals surface area contributed by atoms with Crippen molar-refractivity contribution in [2.45, 2.75) is 20.4 Å². The summed E-state index contributed by atoms with van der Waals surface area (Å²) < 4.78 is 10.5. The number of carbonyl (C=O) groups is 1. The number of aromatic nitrogens is 1. The molecule has 0 fully saturated rings.